The molecule has 1 heterocycles. The number of methoxy groups -OCH3 is 1. The minimum Gasteiger partial charge on any atom is -0.481 e. The van der Waals surface area contributed by atoms with Crippen molar-refractivity contribution in [2.24, 2.45) is 17.4 Å². The molecule has 274 valence electrons. The molecule has 17 nitrogen and oxygen atoms in total. The first-order chi connectivity index (χ1) is 23.0. The molecule has 19 heteroatoms. The minimum absolute atomic E-state index is 0.0744. The van der Waals surface area contributed by atoms with Crippen LogP contribution in [0.3, 0.4) is 0 Å². The number of rotatable bonds is 12. The summed E-state index contributed by atoms with van der Waals surface area (Å²) in [7, 11) is -5.93. The Balaban J connectivity index is 0.00000109. The van der Waals surface area contributed by atoms with E-state index < -0.39 is 38.0 Å². The van der Waals surface area contributed by atoms with Crippen molar-refractivity contribution in [1.29, 1.82) is 5.41 Å². The number of nitrogens with two attached hydrogens (primary N) is 2. The van der Waals surface area contributed by atoms with Gasteiger partial charge in [-0.2, -0.15) is 16.8 Å². The Labute approximate surface area is 290 Å². The Kier molecular flexibility index (Phi) is 16.6. The van der Waals surface area contributed by atoms with Crippen LogP contribution in [0.4, 0.5) is 5.69 Å². The van der Waals surface area contributed by atoms with Gasteiger partial charge in [0.1, 0.15) is 11.5 Å². The lowest BCUT2D eigenvalue weighted by Gasteiger charge is -2.20. The fourth-order valence-corrected chi connectivity index (χ4v) is 4.25. The zero-order valence-corrected chi connectivity index (χ0v) is 29.6. The molecule has 2 aromatic carbocycles. The van der Waals surface area contributed by atoms with Crippen LogP contribution in [0, 0.1) is 11.3 Å². The van der Waals surface area contributed by atoms with Crippen molar-refractivity contribution in [2.45, 2.75) is 32.7 Å². The third-order valence-electron chi connectivity index (χ3n) is 6.16. The van der Waals surface area contributed by atoms with Gasteiger partial charge < -0.3 is 31.9 Å². The summed E-state index contributed by atoms with van der Waals surface area (Å²) in [6.45, 7) is 4.50. The molecule has 0 saturated carbocycles. The van der Waals surface area contributed by atoms with E-state index in [1.165, 1.54) is 31.4 Å². The number of amidine groups is 1. The molecular formula is C31H42N6O11S2. The molecule has 0 aliphatic heterocycles. The van der Waals surface area contributed by atoms with Crippen molar-refractivity contribution in [2.75, 3.05) is 31.5 Å². The lowest BCUT2D eigenvalue weighted by Crippen LogP contribution is -2.37. The highest BCUT2D eigenvalue weighted by atomic mass is 32.2. The highest BCUT2D eigenvalue weighted by Gasteiger charge is 2.23. The first-order valence-electron chi connectivity index (χ1n) is 14.6. The zero-order chi connectivity index (χ0) is 38.4. The number of benzene rings is 2. The van der Waals surface area contributed by atoms with Crippen LogP contribution in [0.5, 0.6) is 5.88 Å². The summed E-state index contributed by atoms with van der Waals surface area (Å²) < 4.78 is 56.9. The number of carbonyl (C=O) groups is 3. The number of nitrogen functional groups attached to an aromatic ring is 1. The monoisotopic (exact) mass is 738 g/mol. The number of nitrogens with zero attached hydrogens (tertiary/aromatic N) is 1. The van der Waals surface area contributed by atoms with Gasteiger partial charge in [-0.3, -0.25) is 24.1 Å². The summed E-state index contributed by atoms with van der Waals surface area (Å²) >= 11 is 0. The average molecular weight is 739 g/mol. The number of nitrogens with one attached hydrogen (secondary N) is 3. The van der Waals surface area contributed by atoms with E-state index >= 15 is 0 Å². The smallest absolute Gasteiger partial charge is 0.336 e. The Morgan fingerprint density at radius 1 is 0.900 bits per heavy atom. The third kappa shape index (κ3) is 16.4. The van der Waals surface area contributed by atoms with Crippen LogP contribution < -0.4 is 26.8 Å². The summed E-state index contributed by atoms with van der Waals surface area (Å²) in [6.07, 6.45) is 2.77. The Morgan fingerprint density at radius 2 is 1.42 bits per heavy atom. The molecular weight excluding hydrogens is 697 g/mol. The average Bonchev–Trinajstić information content (AvgIpc) is 2.98. The molecule has 0 radical (unpaired) electrons. The van der Waals surface area contributed by atoms with E-state index in [0.29, 0.717) is 42.6 Å². The maximum atomic E-state index is 13.3. The van der Waals surface area contributed by atoms with Crippen LogP contribution in [0.2, 0.25) is 0 Å². The Hall–Kier alpha value is -4.95. The Morgan fingerprint density at radius 3 is 1.88 bits per heavy atom. The predicted octanol–water partition coefficient (Wildman–Crippen LogP) is 2.49. The van der Waals surface area contributed by atoms with Crippen molar-refractivity contribution in [3.8, 4) is 17.0 Å². The number of anilines is 1. The van der Waals surface area contributed by atoms with E-state index in [4.69, 9.17) is 30.7 Å². The van der Waals surface area contributed by atoms with Crippen LogP contribution in [0.25, 0.3) is 11.1 Å². The van der Waals surface area contributed by atoms with Gasteiger partial charge in [0.05, 0.1) is 25.2 Å². The maximum absolute atomic E-state index is 13.3. The van der Waals surface area contributed by atoms with Crippen molar-refractivity contribution in [3.05, 3.63) is 77.0 Å². The second-order valence-electron chi connectivity index (χ2n) is 11.1. The number of amides is 2. The summed E-state index contributed by atoms with van der Waals surface area (Å²) in [5.41, 5.74) is 12.5. The van der Waals surface area contributed by atoms with Crippen LogP contribution in [0.15, 0.2) is 54.6 Å². The first-order valence-corrected chi connectivity index (χ1v) is 18.3. The van der Waals surface area contributed by atoms with E-state index in [1.807, 2.05) is 13.8 Å². The number of carboxylic acids is 1. The minimum atomic E-state index is -3.67. The van der Waals surface area contributed by atoms with E-state index in [2.05, 4.69) is 15.6 Å². The topological polar surface area (TPSA) is 302 Å². The number of carbonyl (C=O) groups excluding carboxylic acids is 2. The van der Waals surface area contributed by atoms with Gasteiger partial charge in [0, 0.05) is 34.5 Å². The van der Waals surface area contributed by atoms with Crippen LogP contribution in [0.1, 0.15) is 63.5 Å². The van der Waals surface area contributed by atoms with E-state index in [0.717, 1.165) is 6.42 Å². The lowest BCUT2D eigenvalue weighted by molar-refractivity contribution is 0.0697. The Bertz CT molecular complexity index is 1840. The van der Waals surface area contributed by atoms with Gasteiger partial charge in [-0.25, -0.2) is 9.78 Å². The molecule has 1 atom stereocenters. The van der Waals surface area contributed by atoms with Crippen molar-refractivity contribution in [3.63, 3.8) is 0 Å². The number of aromatic carboxylic acids is 1. The van der Waals surface area contributed by atoms with Gasteiger partial charge in [0.2, 0.25) is 5.88 Å². The molecule has 0 aliphatic carbocycles. The molecule has 0 saturated heterocycles. The molecule has 50 heavy (non-hydrogen) atoms. The third-order valence-corrected chi connectivity index (χ3v) is 6.16. The second kappa shape index (κ2) is 19.3. The molecule has 10 N–H and O–H groups in total. The normalized spacial score (nSPS) is 11.5. The molecule has 1 aromatic heterocycles. The number of pyridine rings is 1. The largest absolute Gasteiger partial charge is 0.481 e. The van der Waals surface area contributed by atoms with Crippen molar-refractivity contribution in [1.82, 2.24) is 10.3 Å². The van der Waals surface area contributed by atoms with Gasteiger partial charge in [0.25, 0.3) is 32.1 Å². The van der Waals surface area contributed by atoms with Gasteiger partial charge in [0.15, 0.2) is 0 Å². The molecule has 0 aliphatic rings. The number of hydrogen-bond donors (Lipinski definition) is 8. The summed E-state index contributed by atoms with van der Waals surface area (Å²) in [5.74, 6) is -1.90. The maximum Gasteiger partial charge on any atom is 0.336 e. The summed E-state index contributed by atoms with van der Waals surface area (Å²) in [4.78, 5) is 42.9. The predicted molar refractivity (Wildman–Crippen MR) is 188 cm³/mol. The van der Waals surface area contributed by atoms with Crippen LogP contribution in [-0.4, -0.2) is 91.9 Å². The molecule has 0 bridgehead atoms. The van der Waals surface area contributed by atoms with Crippen molar-refractivity contribution < 1.29 is 50.2 Å². The molecule has 2 amide bonds. The highest BCUT2D eigenvalue weighted by molar-refractivity contribution is 7.85. The fourth-order valence-electron chi connectivity index (χ4n) is 4.25. The van der Waals surface area contributed by atoms with Crippen molar-refractivity contribution >= 4 is 49.5 Å². The van der Waals surface area contributed by atoms with Gasteiger partial charge >= 0.3 is 5.97 Å². The number of aromatic nitrogens is 1. The standard InChI is InChI=1S/C29H34N6O5.2CH4O3S/c1-16(2)14-20(12-13-30)34-27(36)18-6-9-21(23(15-18)29(38)39)22-10-11-24(40-3)35-25(22)28(37)33-19-7-4-17(5-8-19)26(31)32;2*1-5(2,3)4/h4-11,15-16,20H,12-14,30H2,1-3H3,(H3,31,32)(H,33,37)(H,34,36)(H,38,39);2*1H3,(H,2,3,4)/t20-;;/m1../s1. The molecule has 3 aromatic rings. The van der Waals surface area contributed by atoms with Gasteiger partial charge in [-0.15, -0.1) is 0 Å². The highest BCUT2D eigenvalue weighted by Crippen LogP contribution is 2.30. The quantitative estimate of drug-likeness (QED) is 0.0752. The number of hydrogen-bond acceptors (Lipinski definition) is 11. The molecule has 3 rings (SSSR count). The van der Waals surface area contributed by atoms with Crippen LogP contribution in [-0.2, 0) is 20.2 Å². The molecule has 0 unspecified atom stereocenters. The van der Waals surface area contributed by atoms with E-state index in [1.54, 1.807) is 30.3 Å². The molecule has 0 spiro atoms. The van der Waals surface area contributed by atoms with Gasteiger partial charge in [-0.05, 0) is 73.3 Å². The lowest BCUT2D eigenvalue weighted by atomic mass is 9.95. The van der Waals surface area contributed by atoms with Gasteiger partial charge in [-0.1, -0.05) is 19.9 Å². The summed E-state index contributed by atoms with van der Waals surface area (Å²) in [5, 5.41) is 23.2. The zero-order valence-electron chi connectivity index (χ0n) is 28.0. The second-order valence-corrected chi connectivity index (χ2v) is 14.0. The van der Waals surface area contributed by atoms with E-state index in [-0.39, 0.29) is 45.7 Å². The SMILES string of the molecule is COc1ccc(-c2ccc(C(=O)N[C@H](CCN)CC(C)C)cc2C(=O)O)c(C(=O)Nc2ccc(C(=N)N)cc2)n1.CS(=O)(=O)O.CS(=O)(=O)O. The summed E-state index contributed by atoms with van der Waals surface area (Å²) in [6, 6.07) is 13.5. The van der Waals surface area contributed by atoms with E-state index in [9.17, 15) is 36.3 Å². The first kappa shape index (κ1) is 43.1. The number of ether oxygens (including phenoxy) is 1. The molecule has 0 fully saturated rings. The van der Waals surface area contributed by atoms with Crippen LogP contribution >= 0.6 is 0 Å². The number of carboxylic acid groups (broad SMARTS) is 1. The fraction of sp³-hybridized carbons (Fsp3) is 0.323.